The molecule has 0 fully saturated rings. The molecule has 0 aliphatic heterocycles. The van der Waals surface area contributed by atoms with Crippen molar-refractivity contribution in [3.8, 4) is 0 Å². The van der Waals surface area contributed by atoms with Gasteiger partial charge in [0, 0.05) is 0 Å². The molecule has 0 aliphatic carbocycles. The Morgan fingerprint density at radius 1 is 0.292 bits per heavy atom. The molecule has 5 heteroatoms. The molecule has 7 aromatic carbocycles. The molecular formula is C43H38Cl2P2Ru. The summed E-state index contributed by atoms with van der Waals surface area (Å²) >= 11 is 0. The average molecular weight is 789 g/mol. The number of benzene rings is 7. The molecule has 0 N–H and O–H groups in total. The zero-order chi connectivity index (χ0) is 32.9. The molecule has 0 radical (unpaired) electrons. The van der Waals surface area contributed by atoms with Gasteiger partial charge in [0.1, 0.15) is 0 Å². The van der Waals surface area contributed by atoms with Crippen molar-refractivity contribution >= 4 is 67.0 Å². The van der Waals surface area contributed by atoms with E-state index in [9.17, 15) is 19.4 Å². The van der Waals surface area contributed by atoms with Gasteiger partial charge in [0.15, 0.2) is 0 Å². The van der Waals surface area contributed by atoms with Gasteiger partial charge in [-0.15, -0.1) is 0 Å². The molecule has 242 valence electrons. The van der Waals surface area contributed by atoms with E-state index in [-0.39, 0.29) is 0 Å². The number of halogens is 2. The minimum absolute atomic E-state index is 1.05. The Morgan fingerprint density at radius 3 is 0.688 bits per heavy atom. The van der Waals surface area contributed by atoms with Gasteiger partial charge >= 0.3 is 295 Å². The summed E-state index contributed by atoms with van der Waals surface area (Å²) in [4.78, 5) is 0. The van der Waals surface area contributed by atoms with Crippen LogP contribution < -0.4 is 31.8 Å². The normalized spacial score (nSPS) is 13.5. The Hall–Kier alpha value is -3.53. The van der Waals surface area contributed by atoms with Gasteiger partial charge in [-0.05, 0) is 0 Å². The number of hydrogen-bond acceptors (Lipinski definition) is 0. The summed E-state index contributed by atoms with van der Waals surface area (Å²) in [6, 6.07) is 76.5. The van der Waals surface area contributed by atoms with Crippen LogP contribution in [0.5, 0.6) is 0 Å². The summed E-state index contributed by atoms with van der Waals surface area (Å²) in [5, 5.41) is 7.28. The van der Waals surface area contributed by atoms with Crippen molar-refractivity contribution in [3.63, 3.8) is 0 Å². The van der Waals surface area contributed by atoms with Crippen LogP contribution in [0, 0.1) is 0 Å². The second-order valence-electron chi connectivity index (χ2n) is 11.8. The standard InChI is InChI=1S/2C18H15P.C7H6.2ClH.Ru/c2*1-4-10-16(11-5-1)19(17-12-6-2-7-13-17)18-14-8-3-9-15-18;1-7-5-3-2-4-6-7;;;/h2*1-15H;1-6H;2*1H;. The van der Waals surface area contributed by atoms with Gasteiger partial charge in [0.05, 0.1) is 0 Å². The van der Waals surface area contributed by atoms with Crippen molar-refractivity contribution < 1.29 is 10.2 Å². The second kappa shape index (κ2) is 13.8. The molecular weight excluding hydrogens is 750 g/mol. The van der Waals surface area contributed by atoms with Crippen molar-refractivity contribution in [3.05, 3.63) is 218 Å². The Balaban J connectivity index is 1.87. The van der Waals surface area contributed by atoms with Gasteiger partial charge < -0.3 is 0 Å². The molecule has 0 unspecified atom stereocenters. The molecule has 0 amide bonds. The van der Waals surface area contributed by atoms with Crippen molar-refractivity contribution in [2.45, 2.75) is 0 Å². The van der Waals surface area contributed by atoms with Crippen LogP contribution in [-0.2, 0) is 10.2 Å². The predicted molar refractivity (Wildman–Crippen MR) is 216 cm³/mol. The van der Waals surface area contributed by atoms with E-state index in [1.54, 1.807) is 0 Å². The van der Waals surface area contributed by atoms with Gasteiger partial charge in [-0.3, -0.25) is 0 Å². The van der Waals surface area contributed by atoms with Crippen LogP contribution in [0.4, 0.5) is 0 Å². The summed E-state index contributed by atoms with van der Waals surface area (Å²) in [5.41, 5.74) is -5.86. The first-order chi connectivity index (χ1) is 23.5. The zero-order valence-corrected chi connectivity index (χ0v) is 31.6. The van der Waals surface area contributed by atoms with E-state index in [0.717, 1.165) is 5.56 Å². The third-order valence-electron chi connectivity index (χ3n) is 9.06. The van der Waals surface area contributed by atoms with Crippen LogP contribution in [0.2, 0.25) is 0 Å². The van der Waals surface area contributed by atoms with Crippen molar-refractivity contribution in [1.82, 2.24) is 0 Å². The van der Waals surface area contributed by atoms with Crippen LogP contribution in [0.15, 0.2) is 212 Å². The molecule has 0 spiro atoms. The first kappa shape index (κ1) is 33.0. The Labute approximate surface area is 293 Å². The molecule has 0 bridgehead atoms. The SMILES string of the molecule is [Cl][Ru]([Cl])(=[CH]c1ccccc1)([PH](c1ccccc1)(c1ccccc1)c1ccccc1)[PH](c1ccccc1)(c1ccccc1)c1ccccc1. The van der Waals surface area contributed by atoms with Crippen LogP contribution in [-0.4, -0.2) is 4.61 Å². The van der Waals surface area contributed by atoms with E-state index in [4.69, 9.17) is 0 Å². The quantitative estimate of drug-likeness (QED) is 0.101. The van der Waals surface area contributed by atoms with Crippen molar-refractivity contribution in [2.24, 2.45) is 0 Å². The molecule has 7 aromatic rings. The molecule has 0 saturated heterocycles. The number of rotatable bonds is 9. The molecule has 0 saturated carbocycles. The monoisotopic (exact) mass is 788 g/mol. The van der Waals surface area contributed by atoms with Crippen LogP contribution in [0.25, 0.3) is 0 Å². The minimum atomic E-state index is -5.33. The van der Waals surface area contributed by atoms with E-state index in [2.05, 4.69) is 217 Å². The van der Waals surface area contributed by atoms with Gasteiger partial charge in [0.25, 0.3) is 0 Å². The topological polar surface area (TPSA) is 0 Å². The van der Waals surface area contributed by atoms with E-state index in [1.807, 2.05) is 0 Å². The molecule has 48 heavy (non-hydrogen) atoms. The zero-order valence-electron chi connectivity index (χ0n) is 26.4. The van der Waals surface area contributed by atoms with Gasteiger partial charge in [-0.1, -0.05) is 0 Å². The Bertz CT molecular complexity index is 1830. The van der Waals surface area contributed by atoms with E-state index >= 15 is 0 Å². The molecule has 0 aromatic heterocycles. The first-order valence-electron chi connectivity index (χ1n) is 16.0. The third-order valence-corrected chi connectivity index (χ3v) is 68.3. The summed E-state index contributed by atoms with van der Waals surface area (Å²) < 4.78 is 2.42. The van der Waals surface area contributed by atoms with Crippen molar-refractivity contribution in [2.75, 3.05) is 0 Å². The van der Waals surface area contributed by atoms with E-state index in [0.29, 0.717) is 0 Å². The predicted octanol–water partition coefficient (Wildman–Crippen LogP) is 9.12. The Morgan fingerprint density at radius 2 is 0.479 bits per heavy atom. The summed E-state index contributed by atoms with van der Waals surface area (Å²) in [5.74, 6) is 0. The second-order valence-corrected chi connectivity index (χ2v) is 53.3. The van der Waals surface area contributed by atoms with Crippen molar-refractivity contribution in [1.29, 1.82) is 0 Å². The molecule has 0 heterocycles. The fourth-order valence-corrected chi connectivity index (χ4v) is 81.1. The van der Waals surface area contributed by atoms with Gasteiger partial charge in [-0.25, -0.2) is 0 Å². The van der Waals surface area contributed by atoms with E-state index in [1.165, 1.54) is 31.8 Å². The molecule has 0 aliphatic rings. The third kappa shape index (κ3) is 5.20. The van der Waals surface area contributed by atoms with Crippen LogP contribution in [0.1, 0.15) is 5.56 Å². The fraction of sp³-hybridized carbons (Fsp3) is 0. The summed E-state index contributed by atoms with van der Waals surface area (Å²) in [7, 11) is 13.5. The molecule has 0 nitrogen and oxygen atoms in total. The maximum atomic E-state index is 9.39. The number of hydrogen-bond donors (Lipinski definition) is 0. The van der Waals surface area contributed by atoms with Gasteiger partial charge in [-0.2, -0.15) is 0 Å². The van der Waals surface area contributed by atoms with E-state index < -0.39 is 21.4 Å². The van der Waals surface area contributed by atoms with Crippen LogP contribution in [0.3, 0.4) is 0 Å². The van der Waals surface area contributed by atoms with Crippen LogP contribution >= 0.6 is 30.6 Å². The van der Waals surface area contributed by atoms with Gasteiger partial charge in [0.2, 0.25) is 0 Å². The molecule has 7 rings (SSSR count). The summed E-state index contributed by atoms with van der Waals surface area (Å²) in [6.45, 7) is 0. The average Bonchev–Trinajstić information content (AvgIpc) is 3.15. The Kier molecular flexibility index (Phi) is 9.46. The molecule has 0 atom stereocenters. The summed E-state index contributed by atoms with van der Waals surface area (Å²) in [6.07, 6.45) is 0. The maximum absolute atomic E-state index is 9.39. The fourth-order valence-electron chi connectivity index (χ4n) is 7.19. The first-order valence-corrected chi connectivity index (χ1v) is 30.4.